The third-order valence-electron chi connectivity index (χ3n) is 5.45. The van der Waals surface area contributed by atoms with Crippen LogP contribution in [0.3, 0.4) is 0 Å². The lowest BCUT2D eigenvalue weighted by Crippen LogP contribution is -2.25. The van der Waals surface area contributed by atoms with E-state index in [0.717, 1.165) is 53.1 Å². The Morgan fingerprint density at radius 3 is 2.57 bits per heavy atom. The number of fused-ring (bicyclic) bond motifs is 1. The van der Waals surface area contributed by atoms with E-state index in [1.807, 2.05) is 40.0 Å². The third kappa shape index (κ3) is 11.1. The van der Waals surface area contributed by atoms with Gasteiger partial charge < -0.3 is 18.8 Å². The van der Waals surface area contributed by atoms with Crippen molar-refractivity contribution in [2.24, 2.45) is 5.92 Å². The van der Waals surface area contributed by atoms with E-state index in [1.54, 1.807) is 11.8 Å². The lowest BCUT2D eigenvalue weighted by Gasteiger charge is -2.20. The van der Waals surface area contributed by atoms with Gasteiger partial charge in [-0.3, -0.25) is 4.79 Å². The van der Waals surface area contributed by atoms with Crippen molar-refractivity contribution in [1.82, 2.24) is 9.55 Å². The zero-order valence-electron chi connectivity index (χ0n) is 23.3. The Kier molecular flexibility index (Phi) is 11.3. The van der Waals surface area contributed by atoms with E-state index in [9.17, 15) is 4.79 Å². The highest BCUT2D eigenvalue weighted by atomic mass is 32.2. The topological polar surface area (TPSA) is 62.6 Å². The van der Waals surface area contributed by atoms with Gasteiger partial charge in [0.1, 0.15) is 23.0 Å². The number of pyridine rings is 1. The van der Waals surface area contributed by atoms with Gasteiger partial charge >= 0.3 is 5.97 Å². The molecule has 0 amide bonds. The Labute approximate surface area is 217 Å². The zero-order valence-corrected chi connectivity index (χ0v) is 25.1. The van der Waals surface area contributed by atoms with Crippen LogP contribution >= 0.6 is 11.8 Å². The summed E-state index contributed by atoms with van der Waals surface area (Å²) in [4.78, 5) is 17.6. The normalized spacial score (nSPS) is 14.3. The Balaban J connectivity index is 2.21. The molecule has 8 heteroatoms. The van der Waals surface area contributed by atoms with Crippen LogP contribution in [0.1, 0.15) is 53.5 Å². The van der Waals surface area contributed by atoms with E-state index in [1.165, 1.54) is 0 Å². The molecule has 198 valence electrons. The fourth-order valence-electron chi connectivity index (χ4n) is 3.78. The first-order valence-electron chi connectivity index (χ1n) is 12.8. The number of ether oxygens (including phenoxy) is 3. The van der Waals surface area contributed by atoms with Crippen LogP contribution in [-0.2, 0) is 32.2 Å². The molecule has 0 N–H and O–H groups in total. The van der Waals surface area contributed by atoms with E-state index in [-0.39, 0.29) is 18.5 Å². The Morgan fingerprint density at radius 1 is 1.23 bits per heavy atom. The summed E-state index contributed by atoms with van der Waals surface area (Å²) in [6.07, 6.45) is 3.46. The number of nitrogens with zero attached hydrogens (tertiary/aromatic N) is 2. The minimum Gasteiger partial charge on any atom is -0.460 e. The zero-order chi connectivity index (χ0) is 26.2. The Morgan fingerprint density at radius 2 is 1.94 bits per heavy atom. The van der Waals surface area contributed by atoms with Crippen molar-refractivity contribution in [3.8, 4) is 0 Å². The monoisotopic (exact) mass is 522 g/mol. The summed E-state index contributed by atoms with van der Waals surface area (Å²) in [5, 5.41) is 1.90. The van der Waals surface area contributed by atoms with Gasteiger partial charge in [0.15, 0.2) is 0 Å². The summed E-state index contributed by atoms with van der Waals surface area (Å²) in [5.41, 5.74) is 1.30. The van der Waals surface area contributed by atoms with E-state index in [0.29, 0.717) is 12.6 Å². The van der Waals surface area contributed by atoms with Gasteiger partial charge in [-0.2, -0.15) is 0 Å². The maximum absolute atomic E-state index is 12.6. The second-order valence-corrected chi connectivity index (χ2v) is 18.3. The lowest BCUT2D eigenvalue weighted by molar-refractivity contribution is -0.153. The molecule has 2 atom stereocenters. The second-order valence-electron chi connectivity index (χ2n) is 11.7. The van der Waals surface area contributed by atoms with Crippen molar-refractivity contribution in [1.29, 1.82) is 0 Å². The maximum Gasteiger partial charge on any atom is 0.310 e. The molecule has 0 aromatic carbocycles. The van der Waals surface area contributed by atoms with Crippen molar-refractivity contribution in [2.45, 2.75) is 104 Å². The molecule has 35 heavy (non-hydrogen) atoms. The van der Waals surface area contributed by atoms with Crippen LogP contribution < -0.4 is 0 Å². The van der Waals surface area contributed by atoms with Gasteiger partial charge in [-0.1, -0.05) is 26.6 Å². The molecular weight excluding hydrogens is 476 g/mol. The fraction of sp³-hybridized carbons (Fsp3) is 0.704. The molecule has 0 fully saturated rings. The smallest absolute Gasteiger partial charge is 0.310 e. The van der Waals surface area contributed by atoms with Crippen molar-refractivity contribution < 1.29 is 19.0 Å². The number of aromatic nitrogens is 2. The molecule has 0 spiro atoms. The third-order valence-corrected chi connectivity index (χ3v) is 8.51. The van der Waals surface area contributed by atoms with Gasteiger partial charge in [0, 0.05) is 38.6 Å². The first-order valence-corrected chi connectivity index (χ1v) is 17.5. The van der Waals surface area contributed by atoms with Crippen LogP contribution in [-0.4, -0.2) is 54.3 Å². The standard InChI is InChI=1S/C27H46N2O4SSi/c1-10-32-21(3)15-20(2)18-34-26-23(17-24(30)33-27(4,5)6)16-22-11-12-29(25(22)28-26)19-31-13-14-35(7,8)9/h11-12,16,20-21H,10,13-15,17-19H2,1-9H3. The summed E-state index contributed by atoms with van der Waals surface area (Å²) in [5.74, 6) is 1.14. The highest BCUT2D eigenvalue weighted by Crippen LogP contribution is 2.29. The molecule has 0 radical (unpaired) electrons. The predicted molar refractivity (Wildman–Crippen MR) is 149 cm³/mol. The molecule has 0 aliphatic heterocycles. The summed E-state index contributed by atoms with van der Waals surface area (Å²) in [6, 6.07) is 5.27. The van der Waals surface area contributed by atoms with Crippen LogP contribution in [0.15, 0.2) is 23.4 Å². The second kappa shape index (κ2) is 13.3. The highest BCUT2D eigenvalue weighted by Gasteiger charge is 2.20. The molecule has 0 aliphatic carbocycles. The number of carbonyl (C=O) groups excluding carboxylic acids is 1. The Bertz CT molecular complexity index is 949. The summed E-state index contributed by atoms with van der Waals surface area (Å²) in [7, 11) is -1.13. The van der Waals surface area contributed by atoms with Gasteiger partial charge in [-0.05, 0) is 70.7 Å². The minimum absolute atomic E-state index is 0.212. The molecule has 2 aromatic rings. The molecule has 2 aromatic heterocycles. The SMILES string of the molecule is CCOC(C)CC(C)CSc1nc2c(ccn2COCC[Si](C)(C)C)cc1CC(=O)OC(C)(C)C. The molecule has 0 bridgehead atoms. The average molecular weight is 523 g/mol. The summed E-state index contributed by atoms with van der Waals surface area (Å²) in [6.45, 7) is 21.1. The van der Waals surface area contributed by atoms with Gasteiger partial charge in [0.2, 0.25) is 0 Å². The molecule has 2 rings (SSSR count). The van der Waals surface area contributed by atoms with Crippen LogP contribution in [0.2, 0.25) is 25.7 Å². The first-order chi connectivity index (χ1) is 16.3. The number of esters is 1. The largest absolute Gasteiger partial charge is 0.460 e. The highest BCUT2D eigenvalue weighted by molar-refractivity contribution is 7.99. The average Bonchev–Trinajstić information content (AvgIpc) is 3.09. The number of thioether (sulfide) groups is 1. The number of hydrogen-bond acceptors (Lipinski definition) is 6. The van der Waals surface area contributed by atoms with Gasteiger partial charge in [-0.25, -0.2) is 4.98 Å². The molecule has 0 aliphatic rings. The number of hydrogen-bond donors (Lipinski definition) is 0. The number of rotatable bonds is 14. The van der Waals surface area contributed by atoms with Crippen LogP contribution in [0.4, 0.5) is 0 Å². The van der Waals surface area contributed by atoms with E-state index in [2.05, 4.69) is 44.1 Å². The van der Waals surface area contributed by atoms with Crippen molar-refractivity contribution >= 4 is 36.8 Å². The summed E-state index contributed by atoms with van der Waals surface area (Å²) >= 11 is 1.71. The molecule has 0 saturated heterocycles. The first kappa shape index (κ1) is 29.9. The van der Waals surface area contributed by atoms with E-state index in [4.69, 9.17) is 19.2 Å². The van der Waals surface area contributed by atoms with Gasteiger partial charge in [0.25, 0.3) is 0 Å². The molecule has 2 heterocycles. The minimum atomic E-state index is -1.13. The quantitative estimate of drug-likeness (QED) is 0.118. The van der Waals surface area contributed by atoms with Gasteiger partial charge in [-0.15, -0.1) is 11.8 Å². The van der Waals surface area contributed by atoms with Crippen LogP contribution in [0, 0.1) is 5.92 Å². The molecular formula is C27H46N2O4SSi. The van der Waals surface area contributed by atoms with Crippen molar-refractivity contribution in [3.05, 3.63) is 23.9 Å². The maximum atomic E-state index is 12.6. The molecule has 0 saturated carbocycles. The number of carbonyl (C=O) groups is 1. The van der Waals surface area contributed by atoms with E-state index >= 15 is 0 Å². The summed E-state index contributed by atoms with van der Waals surface area (Å²) < 4.78 is 19.4. The van der Waals surface area contributed by atoms with Crippen molar-refractivity contribution in [2.75, 3.05) is 19.0 Å². The fourth-order valence-corrected chi connectivity index (χ4v) is 5.58. The van der Waals surface area contributed by atoms with Crippen LogP contribution in [0.5, 0.6) is 0 Å². The molecule has 2 unspecified atom stereocenters. The molecule has 6 nitrogen and oxygen atoms in total. The predicted octanol–water partition coefficient (Wildman–Crippen LogP) is 6.78. The van der Waals surface area contributed by atoms with Gasteiger partial charge in [0.05, 0.1) is 12.5 Å². The Hall–Kier alpha value is -1.35. The van der Waals surface area contributed by atoms with Crippen LogP contribution in [0.25, 0.3) is 11.0 Å². The van der Waals surface area contributed by atoms with E-state index < -0.39 is 13.7 Å². The lowest BCUT2D eigenvalue weighted by atomic mass is 10.1. The van der Waals surface area contributed by atoms with Crippen molar-refractivity contribution in [3.63, 3.8) is 0 Å².